The highest BCUT2D eigenvalue weighted by Crippen LogP contribution is 2.27. The number of fused-ring (bicyclic) bond motifs is 1. The summed E-state index contributed by atoms with van der Waals surface area (Å²) in [6.45, 7) is 6.97. The highest BCUT2D eigenvalue weighted by Gasteiger charge is 2.32. The van der Waals surface area contributed by atoms with Gasteiger partial charge in [0.25, 0.3) is 0 Å². The van der Waals surface area contributed by atoms with Crippen LogP contribution in [0, 0.1) is 13.8 Å². The first-order valence-corrected chi connectivity index (χ1v) is 9.94. The topological polar surface area (TPSA) is 98.9 Å². The summed E-state index contributed by atoms with van der Waals surface area (Å²) in [6, 6.07) is 6.27. The van der Waals surface area contributed by atoms with Gasteiger partial charge in [0.15, 0.2) is 5.69 Å². The fraction of sp³-hybridized carbons (Fsp3) is 0.476. The summed E-state index contributed by atoms with van der Waals surface area (Å²) < 4.78 is 1.47. The number of anilines is 1. The summed E-state index contributed by atoms with van der Waals surface area (Å²) in [5.74, 6) is -1.20. The van der Waals surface area contributed by atoms with Crippen molar-refractivity contribution in [2.75, 3.05) is 31.1 Å². The van der Waals surface area contributed by atoms with Crippen LogP contribution in [-0.2, 0) is 24.2 Å². The van der Waals surface area contributed by atoms with E-state index >= 15 is 0 Å². The Bertz CT molecular complexity index is 960. The standard InChI is InChI=1S/C21H26N4O4/c1-13-4-3-5-17(14(13)2)23-6-8-24(9-7-23)19(27)12-25-18-11-15(26)10-16(18)20(22-25)21(28)29/h3-5,15,26H,6-12H2,1-2H3,(H,28,29). The molecule has 2 heterocycles. The third-order valence-corrected chi connectivity index (χ3v) is 6.07. The average Bonchev–Trinajstić information content (AvgIpc) is 3.22. The van der Waals surface area contributed by atoms with E-state index in [9.17, 15) is 19.8 Å². The number of amides is 1. The number of benzene rings is 1. The van der Waals surface area contributed by atoms with Crippen molar-refractivity contribution in [1.29, 1.82) is 0 Å². The first kappa shape index (κ1) is 19.4. The fourth-order valence-corrected chi connectivity index (χ4v) is 4.31. The zero-order valence-corrected chi connectivity index (χ0v) is 16.8. The number of hydrogen-bond donors (Lipinski definition) is 2. The lowest BCUT2D eigenvalue weighted by Gasteiger charge is -2.37. The van der Waals surface area contributed by atoms with Crippen LogP contribution in [0.2, 0.25) is 0 Å². The molecule has 1 aliphatic heterocycles. The maximum atomic E-state index is 12.8. The molecule has 1 atom stereocenters. The van der Waals surface area contributed by atoms with Gasteiger partial charge >= 0.3 is 5.97 Å². The smallest absolute Gasteiger partial charge is 0.356 e. The minimum atomic E-state index is -1.12. The van der Waals surface area contributed by atoms with E-state index in [1.54, 1.807) is 0 Å². The van der Waals surface area contributed by atoms with Crippen LogP contribution < -0.4 is 4.90 Å². The van der Waals surface area contributed by atoms with Crippen molar-refractivity contribution in [3.8, 4) is 0 Å². The Labute approximate surface area is 169 Å². The van der Waals surface area contributed by atoms with Gasteiger partial charge < -0.3 is 20.0 Å². The summed E-state index contributed by atoms with van der Waals surface area (Å²) in [5, 5.41) is 23.4. The molecule has 29 heavy (non-hydrogen) atoms. The Balaban J connectivity index is 1.43. The first-order chi connectivity index (χ1) is 13.8. The van der Waals surface area contributed by atoms with Crippen molar-refractivity contribution in [2.24, 2.45) is 0 Å². The summed E-state index contributed by atoms with van der Waals surface area (Å²) in [7, 11) is 0. The third-order valence-electron chi connectivity index (χ3n) is 6.07. The lowest BCUT2D eigenvalue weighted by Crippen LogP contribution is -2.50. The molecule has 1 aromatic carbocycles. The number of aromatic nitrogens is 2. The van der Waals surface area contributed by atoms with Gasteiger partial charge in [-0.15, -0.1) is 0 Å². The van der Waals surface area contributed by atoms with E-state index in [-0.39, 0.29) is 24.6 Å². The van der Waals surface area contributed by atoms with Gasteiger partial charge in [-0.3, -0.25) is 9.48 Å². The van der Waals surface area contributed by atoms with Crippen LogP contribution in [-0.4, -0.2) is 69.1 Å². The fourth-order valence-electron chi connectivity index (χ4n) is 4.31. The number of carbonyl (C=O) groups is 2. The van der Waals surface area contributed by atoms with Crippen LogP contribution in [0.3, 0.4) is 0 Å². The molecule has 0 spiro atoms. The molecule has 8 nitrogen and oxygen atoms in total. The summed E-state index contributed by atoms with van der Waals surface area (Å²) >= 11 is 0. The van der Waals surface area contributed by atoms with Crippen LogP contribution in [0.5, 0.6) is 0 Å². The molecular formula is C21H26N4O4. The number of aliphatic hydroxyl groups is 1. The predicted molar refractivity (Wildman–Crippen MR) is 107 cm³/mol. The normalized spacial score (nSPS) is 18.8. The molecule has 154 valence electrons. The van der Waals surface area contributed by atoms with Crippen LogP contribution in [0.25, 0.3) is 0 Å². The lowest BCUT2D eigenvalue weighted by atomic mass is 10.1. The van der Waals surface area contributed by atoms with E-state index in [4.69, 9.17) is 0 Å². The first-order valence-electron chi connectivity index (χ1n) is 9.94. The minimum Gasteiger partial charge on any atom is -0.476 e. The zero-order chi connectivity index (χ0) is 20.7. The number of carboxylic acid groups (broad SMARTS) is 1. The highest BCUT2D eigenvalue weighted by atomic mass is 16.4. The zero-order valence-electron chi connectivity index (χ0n) is 16.8. The largest absolute Gasteiger partial charge is 0.476 e. The lowest BCUT2D eigenvalue weighted by molar-refractivity contribution is -0.132. The molecule has 0 bridgehead atoms. The monoisotopic (exact) mass is 398 g/mol. The second-order valence-electron chi connectivity index (χ2n) is 7.89. The summed E-state index contributed by atoms with van der Waals surface area (Å²) in [5.41, 5.74) is 4.89. The Morgan fingerprint density at radius 3 is 2.55 bits per heavy atom. The number of carbonyl (C=O) groups excluding carboxylic acids is 1. The Hall–Kier alpha value is -2.87. The molecule has 1 fully saturated rings. The summed E-state index contributed by atoms with van der Waals surface area (Å²) in [4.78, 5) is 28.4. The van der Waals surface area contributed by atoms with Crippen LogP contribution >= 0.6 is 0 Å². The van der Waals surface area contributed by atoms with Crippen LogP contribution in [0.1, 0.15) is 32.9 Å². The van der Waals surface area contributed by atoms with Crippen molar-refractivity contribution >= 4 is 17.6 Å². The number of aromatic carboxylic acids is 1. The second-order valence-corrected chi connectivity index (χ2v) is 7.89. The molecule has 8 heteroatoms. The van der Waals surface area contributed by atoms with E-state index in [0.717, 1.165) is 13.1 Å². The molecular weight excluding hydrogens is 372 g/mol. The van der Waals surface area contributed by atoms with Gasteiger partial charge in [-0.05, 0) is 31.0 Å². The van der Waals surface area contributed by atoms with Gasteiger partial charge in [0.05, 0.1) is 6.10 Å². The Morgan fingerprint density at radius 1 is 1.14 bits per heavy atom. The molecule has 1 saturated heterocycles. The maximum Gasteiger partial charge on any atom is 0.356 e. The van der Waals surface area contributed by atoms with Gasteiger partial charge in [-0.2, -0.15) is 5.10 Å². The Morgan fingerprint density at radius 2 is 1.86 bits per heavy atom. The number of rotatable bonds is 4. The molecule has 4 rings (SSSR count). The molecule has 1 aliphatic carbocycles. The van der Waals surface area contributed by atoms with Gasteiger partial charge in [0.2, 0.25) is 5.91 Å². The average molecular weight is 398 g/mol. The SMILES string of the molecule is Cc1cccc(N2CCN(C(=O)Cn3nc(C(=O)O)c4c3CC(O)C4)CC2)c1C. The van der Waals surface area contributed by atoms with E-state index < -0.39 is 12.1 Å². The van der Waals surface area contributed by atoms with Gasteiger partial charge in [0.1, 0.15) is 6.54 Å². The number of aliphatic hydroxyl groups excluding tert-OH is 1. The number of hydrogen-bond acceptors (Lipinski definition) is 5. The van der Waals surface area contributed by atoms with E-state index in [1.807, 2.05) is 4.90 Å². The molecule has 0 radical (unpaired) electrons. The predicted octanol–water partition coefficient (Wildman–Crippen LogP) is 1.01. The molecule has 2 aliphatic rings. The quantitative estimate of drug-likeness (QED) is 0.798. The maximum absolute atomic E-state index is 12.8. The minimum absolute atomic E-state index is 0.00576. The van der Waals surface area contributed by atoms with Crippen LogP contribution in [0.4, 0.5) is 5.69 Å². The molecule has 1 aromatic heterocycles. The van der Waals surface area contributed by atoms with Crippen molar-refractivity contribution < 1.29 is 19.8 Å². The number of piperazine rings is 1. The summed E-state index contributed by atoms with van der Waals surface area (Å²) in [6.07, 6.45) is 0.00626. The molecule has 1 unspecified atom stereocenters. The van der Waals surface area contributed by atoms with Crippen molar-refractivity contribution in [3.05, 3.63) is 46.3 Å². The van der Waals surface area contributed by atoms with Crippen LogP contribution in [0.15, 0.2) is 18.2 Å². The number of aryl methyl sites for hydroxylation is 1. The highest BCUT2D eigenvalue weighted by molar-refractivity contribution is 5.88. The van der Waals surface area contributed by atoms with Crippen molar-refractivity contribution in [3.63, 3.8) is 0 Å². The van der Waals surface area contributed by atoms with Gasteiger partial charge in [-0.25, -0.2) is 4.79 Å². The van der Waals surface area contributed by atoms with E-state index in [1.165, 1.54) is 21.5 Å². The molecule has 2 N–H and O–H groups in total. The van der Waals surface area contributed by atoms with E-state index in [0.29, 0.717) is 30.8 Å². The van der Waals surface area contributed by atoms with Gasteiger partial charge in [0, 0.05) is 56.0 Å². The van der Waals surface area contributed by atoms with Crippen molar-refractivity contribution in [1.82, 2.24) is 14.7 Å². The third kappa shape index (κ3) is 3.60. The molecule has 2 aromatic rings. The van der Waals surface area contributed by atoms with Gasteiger partial charge in [-0.1, -0.05) is 12.1 Å². The van der Waals surface area contributed by atoms with E-state index in [2.05, 4.69) is 42.0 Å². The number of carboxylic acids is 1. The number of nitrogens with zero attached hydrogens (tertiary/aromatic N) is 4. The molecule has 1 amide bonds. The van der Waals surface area contributed by atoms with Crippen molar-refractivity contribution in [2.45, 2.75) is 39.3 Å². The Kier molecular flexibility index (Phi) is 5.04. The second kappa shape index (κ2) is 7.51. The molecule has 0 saturated carbocycles.